The van der Waals surface area contributed by atoms with E-state index in [0.29, 0.717) is 0 Å². The first-order chi connectivity index (χ1) is 6.77. The Labute approximate surface area is 85.2 Å². The lowest BCUT2D eigenvalue weighted by Crippen LogP contribution is -1.74. The maximum absolute atomic E-state index is 3.69. The van der Waals surface area contributed by atoms with Crippen molar-refractivity contribution in [2.45, 2.75) is 6.92 Å². The lowest BCUT2D eigenvalue weighted by molar-refractivity contribution is 1.27. The van der Waals surface area contributed by atoms with E-state index in [2.05, 4.69) is 24.2 Å². The molecule has 0 unspecified atom stereocenters. The average molecular weight is 185 g/mol. The highest BCUT2D eigenvalue weighted by Crippen LogP contribution is 2.16. The Morgan fingerprint density at radius 3 is 2.64 bits per heavy atom. The van der Waals surface area contributed by atoms with Crippen molar-refractivity contribution >= 4 is 5.57 Å². The van der Waals surface area contributed by atoms with Gasteiger partial charge >= 0.3 is 0 Å². The van der Waals surface area contributed by atoms with Gasteiger partial charge in [-0.25, -0.2) is 0 Å². The second-order valence-electron chi connectivity index (χ2n) is 3.02. The van der Waals surface area contributed by atoms with Crippen LogP contribution in [0.15, 0.2) is 55.8 Å². The summed E-state index contributed by atoms with van der Waals surface area (Å²) in [5, 5.41) is 0. The normalized spacial score (nSPS) is 11.9. The first-order valence-corrected chi connectivity index (χ1v) is 4.55. The molecule has 1 rings (SSSR count). The van der Waals surface area contributed by atoms with Crippen LogP contribution in [0.2, 0.25) is 0 Å². The van der Waals surface area contributed by atoms with Crippen molar-refractivity contribution < 1.29 is 0 Å². The maximum Gasteiger partial charge on any atom is 0.0121 e. The van der Waals surface area contributed by atoms with Crippen LogP contribution in [0.25, 0.3) is 5.57 Å². The molecule has 0 atom stereocenters. The first kappa shape index (κ1) is 10.3. The SMILES string of the molecule is C=C/C=C\C(=C/C=C)c1c[nH]c(C)c1. The third-order valence-electron chi connectivity index (χ3n) is 1.87. The number of rotatable bonds is 4. The molecular weight excluding hydrogens is 170 g/mol. The van der Waals surface area contributed by atoms with Gasteiger partial charge in [0.15, 0.2) is 0 Å². The summed E-state index contributed by atoms with van der Waals surface area (Å²) >= 11 is 0. The molecule has 1 aromatic rings. The smallest absolute Gasteiger partial charge is 0.0121 e. The molecular formula is C13H15N. The number of hydrogen-bond donors (Lipinski definition) is 1. The molecule has 0 fully saturated rings. The molecule has 0 aliphatic rings. The number of nitrogens with one attached hydrogen (secondary N) is 1. The fraction of sp³-hybridized carbons (Fsp3) is 0.0769. The lowest BCUT2D eigenvalue weighted by atomic mass is 10.1. The predicted molar refractivity (Wildman–Crippen MR) is 63.0 cm³/mol. The Morgan fingerprint density at radius 1 is 1.36 bits per heavy atom. The number of H-pyrrole nitrogens is 1. The molecule has 1 aromatic heterocycles. The van der Waals surface area contributed by atoms with Gasteiger partial charge in [-0.15, -0.1) is 0 Å². The molecule has 0 aliphatic heterocycles. The zero-order chi connectivity index (χ0) is 10.4. The molecule has 72 valence electrons. The third kappa shape index (κ3) is 2.63. The van der Waals surface area contributed by atoms with Gasteiger partial charge in [-0.2, -0.15) is 0 Å². The van der Waals surface area contributed by atoms with Gasteiger partial charge in [-0.3, -0.25) is 0 Å². The second-order valence-corrected chi connectivity index (χ2v) is 3.02. The molecule has 0 spiro atoms. The fourth-order valence-electron chi connectivity index (χ4n) is 1.22. The summed E-state index contributed by atoms with van der Waals surface area (Å²) in [6, 6.07) is 2.10. The Kier molecular flexibility index (Phi) is 3.74. The highest BCUT2D eigenvalue weighted by atomic mass is 14.7. The summed E-state index contributed by atoms with van der Waals surface area (Å²) in [6.07, 6.45) is 11.4. The molecule has 0 radical (unpaired) electrons. The van der Waals surface area contributed by atoms with E-state index >= 15 is 0 Å². The molecule has 0 saturated heterocycles. The predicted octanol–water partition coefficient (Wildman–Crippen LogP) is 3.63. The van der Waals surface area contributed by atoms with Crippen molar-refractivity contribution in [2.24, 2.45) is 0 Å². The van der Waals surface area contributed by atoms with E-state index in [4.69, 9.17) is 0 Å². The second kappa shape index (κ2) is 5.07. The molecule has 0 aliphatic carbocycles. The van der Waals surface area contributed by atoms with Crippen molar-refractivity contribution in [3.63, 3.8) is 0 Å². The Balaban J connectivity index is 3.00. The Hall–Kier alpha value is -1.76. The van der Waals surface area contributed by atoms with Gasteiger partial charge in [-0.1, -0.05) is 43.5 Å². The maximum atomic E-state index is 3.69. The van der Waals surface area contributed by atoms with E-state index in [-0.39, 0.29) is 0 Å². The minimum absolute atomic E-state index is 1.13. The molecule has 1 heterocycles. The van der Waals surface area contributed by atoms with Gasteiger partial charge in [0.2, 0.25) is 0 Å². The van der Waals surface area contributed by atoms with E-state index in [0.717, 1.165) is 11.3 Å². The number of allylic oxidation sites excluding steroid dienone is 6. The van der Waals surface area contributed by atoms with Gasteiger partial charge in [0, 0.05) is 11.9 Å². The minimum atomic E-state index is 1.13. The van der Waals surface area contributed by atoms with Crippen LogP contribution in [0, 0.1) is 6.92 Å². The monoisotopic (exact) mass is 185 g/mol. The summed E-state index contributed by atoms with van der Waals surface area (Å²) in [5.41, 5.74) is 3.45. The zero-order valence-corrected chi connectivity index (χ0v) is 8.46. The zero-order valence-electron chi connectivity index (χ0n) is 8.46. The quantitative estimate of drug-likeness (QED) is 0.689. The first-order valence-electron chi connectivity index (χ1n) is 4.55. The molecule has 14 heavy (non-hydrogen) atoms. The van der Waals surface area contributed by atoms with E-state index < -0.39 is 0 Å². The Bertz CT molecular complexity index is 378. The van der Waals surface area contributed by atoms with Crippen molar-refractivity contribution in [1.82, 2.24) is 4.98 Å². The molecule has 1 nitrogen and oxygen atoms in total. The highest BCUT2D eigenvalue weighted by Gasteiger charge is 1.97. The van der Waals surface area contributed by atoms with Crippen LogP contribution in [0.1, 0.15) is 11.3 Å². The van der Waals surface area contributed by atoms with Gasteiger partial charge < -0.3 is 4.98 Å². The lowest BCUT2D eigenvalue weighted by Gasteiger charge is -1.95. The van der Waals surface area contributed by atoms with Crippen molar-refractivity contribution in [1.29, 1.82) is 0 Å². The van der Waals surface area contributed by atoms with Gasteiger partial charge in [0.05, 0.1) is 0 Å². The van der Waals surface area contributed by atoms with Crippen LogP contribution in [0.4, 0.5) is 0 Å². The molecule has 1 heteroatoms. The topological polar surface area (TPSA) is 15.8 Å². The Morgan fingerprint density at radius 2 is 2.14 bits per heavy atom. The van der Waals surface area contributed by atoms with E-state index in [9.17, 15) is 0 Å². The van der Waals surface area contributed by atoms with E-state index in [1.165, 1.54) is 5.56 Å². The molecule has 0 aromatic carbocycles. The summed E-state index contributed by atoms with van der Waals surface area (Å²) in [6.45, 7) is 9.37. The largest absolute Gasteiger partial charge is 0.365 e. The molecule has 0 saturated carbocycles. The van der Waals surface area contributed by atoms with Gasteiger partial charge in [-0.05, 0) is 24.1 Å². The fourth-order valence-corrected chi connectivity index (χ4v) is 1.22. The molecule has 1 N–H and O–H groups in total. The van der Waals surface area contributed by atoms with Crippen LogP contribution >= 0.6 is 0 Å². The molecule has 0 bridgehead atoms. The van der Waals surface area contributed by atoms with Crippen LogP contribution < -0.4 is 0 Å². The number of hydrogen-bond acceptors (Lipinski definition) is 0. The third-order valence-corrected chi connectivity index (χ3v) is 1.87. The van der Waals surface area contributed by atoms with Crippen molar-refractivity contribution in [2.75, 3.05) is 0 Å². The standard InChI is InChI=1S/C13H15N/c1-4-6-8-12(7-5-2)13-9-11(3)14-10-13/h4-10,14H,1-2H2,3H3/b8-6-,12-7+. The summed E-state index contributed by atoms with van der Waals surface area (Å²) in [5.74, 6) is 0. The number of aromatic nitrogens is 1. The summed E-state index contributed by atoms with van der Waals surface area (Å²) in [7, 11) is 0. The summed E-state index contributed by atoms with van der Waals surface area (Å²) in [4.78, 5) is 3.15. The number of aromatic amines is 1. The van der Waals surface area contributed by atoms with Crippen LogP contribution in [0.5, 0.6) is 0 Å². The van der Waals surface area contributed by atoms with Crippen LogP contribution in [0.3, 0.4) is 0 Å². The highest BCUT2D eigenvalue weighted by molar-refractivity contribution is 5.75. The minimum Gasteiger partial charge on any atom is -0.365 e. The van der Waals surface area contributed by atoms with Crippen LogP contribution in [-0.2, 0) is 0 Å². The van der Waals surface area contributed by atoms with Gasteiger partial charge in [0.1, 0.15) is 0 Å². The number of aryl methyl sites for hydroxylation is 1. The summed E-state index contributed by atoms with van der Waals surface area (Å²) < 4.78 is 0. The van der Waals surface area contributed by atoms with E-state index in [1.54, 1.807) is 12.2 Å². The van der Waals surface area contributed by atoms with Crippen molar-refractivity contribution in [3.8, 4) is 0 Å². The molecule has 0 amide bonds. The average Bonchev–Trinajstić information content (AvgIpc) is 2.59. The van der Waals surface area contributed by atoms with Gasteiger partial charge in [0.25, 0.3) is 0 Å². The van der Waals surface area contributed by atoms with E-state index in [1.807, 2.05) is 31.3 Å². The van der Waals surface area contributed by atoms with Crippen LogP contribution in [-0.4, -0.2) is 4.98 Å². The van der Waals surface area contributed by atoms with Crippen molar-refractivity contribution in [3.05, 3.63) is 67.1 Å².